The van der Waals surface area contributed by atoms with Gasteiger partial charge in [-0.3, -0.25) is 4.90 Å². The molecule has 0 radical (unpaired) electrons. The van der Waals surface area contributed by atoms with Crippen LogP contribution >= 0.6 is 0 Å². The topological polar surface area (TPSA) is 107 Å². The Balaban J connectivity index is 2.28. The Hall–Kier alpha value is -1.97. The van der Waals surface area contributed by atoms with Gasteiger partial charge in [0.1, 0.15) is 12.0 Å². The summed E-state index contributed by atoms with van der Waals surface area (Å²) < 4.78 is 24.2. The van der Waals surface area contributed by atoms with Crippen LogP contribution in [0.4, 0.5) is 5.69 Å². The first kappa shape index (κ1) is 16.4. The zero-order valence-electron chi connectivity index (χ0n) is 12.5. The van der Waals surface area contributed by atoms with E-state index in [2.05, 4.69) is 14.1 Å². The molecule has 0 spiro atoms. The summed E-state index contributed by atoms with van der Waals surface area (Å²) in [6.07, 6.45) is -0.957. The number of benzene rings is 1. The van der Waals surface area contributed by atoms with Crippen molar-refractivity contribution >= 4 is 28.6 Å². The predicted octanol–water partition coefficient (Wildman–Crippen LogP) is 0.782. The molecule has 1 aromatic carbocycles. The number of phenolic OH excluding ortho intramolecular Hbond substituents is 1. The van der Waals surface area contributed by atoms with Crippen molar-refractivity contribution in [2.75, 3.05) is 26.0 Å². The summed E-state index contributed by atoms with van der Waals surface area (Å²) in [5.74, 6) is 0.172. The largest absolute Gasteiger partial charge is 0.505 e. The van der Waals surface area contributed by atoms with E-state index < -0.39 is 17.4 Å². The van der Waals surface area contributed by atoms with Gasteiger partial charge in [-0.1, -0.05) is 12.1 Å². The molecular weight excluding hydrogens is 308 g/mol. The number of aliphatic hydroxyl groups is 1. The van der Waals surface area contributed by atoms with E-state index in [9.17, 15) is 14.4 Å². The molecule has 2 atom stereocenters. The standard InChI is InChI=1S/C13H18N4O4S/c1-4-21-12-11(15-22(20)16-12)14-9-7-5-6-8(10(9)18)13(19)17(2)3/h5-7,13,18-19H,4H2,1-3H3,(H,14,15). The molecular formula is C13H18N4O4S. The number of rotatable bonds is 4. The fourth-order valence-corrected chi connectivity index (χ4v) is 2.44. The van der Waals surface area contributed by atoms with Gasteiger partial charge < -0.3 is 20.3 Å². The van der Waals surface area contributed by atoms with Crippen LogP contribution in [0.2, 0.25) is 0 Å². The first-order chi connectivity index (χ1) is 10.4. The van der Waals surface area contributed by atoms with Crippen molar-refractivity contribution in [3.05, 3.63) is 23.8 Å². The highest BCUT2D eigenvalue weighted by molar-refractivity contribution is 7.83. The van der Waals surface area contributed by atoms with Crippen LogP contribution in [0.15, 0.2) is 27.0 Å². The van der Waals surface area contributed by atoms with Crippen LogP contribution in [0.3, 0.4) is 0 Å². The molecule has 0 aliphatic carbocycles. The molecule has 0 amide bonds. The Morgan fingerprint density at radius 3 is 2.77 bits per heavy atom. The second-order valence-electron chi connectivity index (χ2n) is 4.71. The average Bonchev–Trinajstić information content (AvgIpc) is 2.80. The third-order valence-electron chi connectivity index (χ3n) is 2.90. The zero-order valence-corrected chi connectivity index (χ0v) is 13.3. The van der Waals surface area contributed by atoms with Gasteiger partial charge in [-0.25, -0.2) is 4.21 Å². The molecule has 9 heteroatoms. The van der Waals surface area contributed by atoms with Gasteiger partial charge in [-0.15, -0.1) is 8.80 Å². The molecule has 1 aliphatic rings. The van der Waals surface area contributed by atoms with Gasteiger partial charge >= 0.3 is 0 Å². The number of aromatic hydroxyl groups is 1. The highest BCUT2D eigenvalue weighted by Crippen LogP contribution is 2.32. The molecule has 1 aromatic rings. The zero-order chi connectivity index (χ0) is 16.3. The Morgan fingerprint density at radius 2 is 2.14 bits per heavy atom. The lowest BCUT2D eigenvalue weighted by Crippen LogP contribution is -2.24. The quantitative estimate of drug-likeness (QED) is 0.558. The maximum atomic E-state index is 11.4. The second-order valence-corrected chi connectivity index (χ2v) is 5.53. The highest BCUT2D eigenvalue weighted by Gasteiger charge is 2.23. The maximum absolute atomic E-state index is 11.4. The summed E-state index contributed by atoms with van der Waals surface area (Å²) >= 11 is -1.74. The van der Waals surface area contributed by atoms with Gasteiger partial charge in [0.25, 0.3) is 17.1 Å². The third kappa shape index (κ3) is 3.43. The molecule has 2 rings (SSSR count). The Bertz CT molecular complexity index is 645. The molecule has 2 unspecified atom stereocenters. The van der Waals surface area contributed by atoms with Gasteiger partial charge in [-0.05, 0) is 27.1 Å². The van der Waals surface area contributed by atoms with Crippen molar-refractivity contribution in [3.8, 4) is 5.75 Å². The van der Waals surface area contributed by atoms with Crippen LogP contribution in [0, 0.1) is 0 Å². The van der Waals surface area contributed by atoms with Crippen LogP contribution in [0.25, 0.3) is 0 Å². The van der Waals surface area contributed by atoms with E-state index in [1.54, 1.807) is 44.1 Å². The van der Waals surface area contributed by atoms with Crippen molar-refractivity contribution < 1.29 is 19.2 Å². The number of nitrogens with zero attached hydrogens (tertiary/aromatic N) is 3. The van der Waals surface area contributed by atoms with E-state index in [0.717, 1.165) is 0 Å². The fourth-order valence-electron chi connectivity index (χ4n) is 1.84. The van der Waals surface area contributed by atoms with Gasteiger partial charge in [-0.2, -0.15) is 0 Å². The molecule has 8 nitrogen and oxygen atoms in total. The lowest BCUT2D eigenvalue weighted by atomic mass is 10.1. The van der Waals surface area contributed by atoms with Crippen LogP contribution < -0.4 is 5.32 Å². The van der Waals surface area contributed by atoms with E-state index in [1.165, 1.54) is 0 Å². The Morgan fingerprint density at radius 1 is 1.41 bits per heavy atom. The molecule has 0 saturated heterocycles. The van der Waals surface area contributed by atoms with E-state index in [-0.39, 0.29) is 17.5 Å². The van der Waals surface area contributed by atoms with E-state index in [0.29, 0.717) is 17.9 Å². The van der Waals surface area contributed by atoms with Crippen LogP contribution in [0.5, 0.6) is 5.75 Å². The summed E-state index contributed by atoms with van der Waals surface area (Å²) in [4.78, 5) is 1.55. The molecule has 1 heterocycles. The van der Waals surface area contributed by atoms with Gasteiger partial charge in [0.05, 0.1) is 12.3 Å². The van der Waals surface area contributed by atoms with Gasteiger partial charge in [0, 0.05) is 5.56 Å². The fraction of sp³-hybridized carbons (Fsp3) is 0.385. The molecule has 0 fully saturated rings. The van der Waals surface area contributed by atoms with E-state index in [4.69, 9.17) is 4.74 Å². The number of hydrogen-bond acceptors (Lipinski definition) is 6. The third-order valence-corrected chi connectivity index (χ3v) is 3.56. The number of para-hydroxylation sites is 1. The highest BCUT2D eigenvalue weighted by atomic mass is 32.2. The number of nitrogens with one attached hydrogen (secondary N) is 1. The predicted molar refractivity (Wildman–Crippen MR) is 85.0 cm³/mol. The van der Waals surface area contributed by atoms with Crippen molar-refractivity contribution in [1.29, 1.82) is 0 Å². The molecule has 0 bridgehead atoms. The van der Waals surface area contributed by atoms with Gasteiger partial charge in [0.2, 0.25) is 5.84 Å². The van der Waals surface area contributed by atoms with Crippen LogP contribution in [0.1, 0.15) is 18.7 Å². The number of hydrogen-bond donors (Lipinski definition) is 3. The summed E-state index contributed by atoms with van der Waals surface area (Å²) in [6.45, 7) is 2.12. The summed E-state index contributed by atoms with van der Waals surface area (Å²) in [5, 5.41) is 23.2. The SMILES string of the molecule is CCOC1=NS(=O)N=C1Nc1cccc(C(O)N(C)C)c1O. The van der Waals surface area contributed by atoms with Crippen molar-refractivity contribution in [2.24, 2.45) is 8.80 Å². The summed E-state index contributed by atoms with van der Waals surface area (Å²) in [5.41, 5.74) is 0.646. The van der Waals surface area contributed by atoms with Gasteiger partial charge in [0.15, 0.2) is 0 Å². The minimum Gasteiger partial charge on any atom is -0.505 e. The molecule has 0 aromatic heterocycles. The van der Waals surface area contributed by atoms with Crippen LogP contribution in [-0.2, 0) is 15.9 Å². The first-order valence-electron chi connectivity index (χ1n) is 6.60. The lowest BCUT2D eigenvalue weighted by Gasteiger charge is -2.21. The maximum Gasteiger partial charge on any atom is 0.271 e. The Labute approximate surface area is 130 Å². The Kier molecular flexibility index (Phi) is 5.11. The molecule has 22 heavy (non-hydrogen) atoms. The van der Waals surface area contributed by atoms with Crippen molar-refractivity contribution in [3.63, 3.8) is 0 Å². The van der Waals surface area contributed by atoms with Crippen molar-refractivity contribution in [1.82, 2.24) is 4.90 Å². The van der Waals surface area contributed by atoms with E-state index in [1.807, 2.05) is 0 Å². The minimum atomic E-state index is -1.74. The molecule has 3 N–H and O–H groups in total. The number of anilines is 1. The lowest BCUT2D eigenvalue weighted by molar-refractivity contribution is 0.0376. The second kappa shape index (κ2) is 6.86. The number of aliphatic hydroxyl groups excluding tert-OH is 1. The monoisotopic (exact) mass is 326 g/mol. The number of amidine groups is 1. The number of phenols is 1. The van der Waals surface area contributed by atoms with Crippen molar-refractivity contribution in [2.45, 2.75) is 13.2 Å². The summed E-state index contributed by atoms with van der Waals surface area (Å²) in [7, 11) is 3.38. The van der Waals surface area contributed by atoms with E-state index >= 15 is 0 Å². The minimum absolute atomic E-state index is 0.124. The normalized spacial score (nSPS) is 18.9. The first-order valence-corrected chi connectivity index (χ1v) is 7.66. The van der Waals surface area contributed by atoms with Crippen LogP contribution in [-0.4, -0.2) is 51.8 Å². The average molecular weight is 326 g/mol. The smallest absolute Gasteiger partial charge is 0.271 e. The number of ether oxygens (including phenoxy) is 1. The molecule has 0 saturated carbocycles. The molecule has 120 valence electrons. The molecule has 1 aliphatic heterocycles. The summed E-state index contributed by atoms with van der Waals surface area (Å²) in [6, 6.07) is 4.89.